The van der Waals surface area contributed by atoms with Gasteiger partial charge in [-0.15, -0.1) is 0 Å². The number of aliphatic hydroxyl groups excluding tert-OH is 1. The standard InChI is InChI=1S/C20H26O5/c1-6-12(3)19(22)24-16-9-11(2)7-8-15(21)13(4)10-17-18(16)14(5)20(23)25-17/h6-7,10,15-18,21H,5,8-9H2,1-4H3/b11-7+,12-6+,13-10-/t15-,16+,17+,18+/m0/s1. The van der Waals surface area contributed by atoms with Crippen LogP contribution in [0.2, 0.25) is 0 Å². The average molecular weight is 346 g/mol. The van der Waals surface area contributed by atoms with Gasteiger partial charge in [0.1, 0.15) is 12.2 Å². The zero-order chi connectivity index (χ0) is 18.7. The molecule has 25 heavy (non-hydrogen) atoms. The van der Waals surface area contributed by atoms with Gasteiger partial charge in [-0.1, -0.05) is 24.3 Å². The topological polar surface area (TPSA) is 72.8 Å². The lowest BCUT2D eigenvalue weighted by Gasteiger charge is -2.28. The summed E-state index contributed by atoms with van der Waals surface area (Å²) < 4.78 is 11.1. The van der Waals surface area contributed by atoms with Gasteiger partial charge in [0.15, 0.2) is 0 Å². The first kappa shape index (κ1) is 19.2. The average Bonchev–Trinajstić information content (AvgIpc) is 2.84. The molecule has 0 aromatic heterocycles. The number of aliphatic hydroxyl groups is 1. The Hall–Kier alpha value is -2.14. The molecule has 1 heterocycles. The van der Waals surface area contributed by atoms with Crippen molar-refractivity contribution in [3.05, 3.63) is 47.1 Å². The zero-order valence-corrected chi connectivity index (χ0v) is 15.2. The third-order valence-corrected chi connectivity index (χ3v) is 4.84. The van der Waals surface area contributed by atoms with E-state index in [1.54, 1.807) is 32.9 Å². The third kappa shape index (κ3) is 4.28. The molecule has 0 aromatic rings. The van der Waals surface area contributed by atoms with Crippen molar-refractivity contribution >= 4 is 11.9 Å². The molecular weight excluding hydrogens is 320 g/mol. The lowest BCUT2D eigenvalue weighted by atomic mass is 9.85. The van der Waals surface area contributed by atoms with Crippen molar-refractivity contribution in [2.24, 2.45) is 5.92 Å². The van der Waals surface area contributed by atoms with Crippen LogP contribution >= 0.6 is 0 Å². The minimum absolute atomic E-state index is 0.299. The molecule has 1 aliphatic heterocycles. The van der Waals surface area contributed by atoms with Crippen molar-refractivity contribution in [3.8, 4) is 0 Å². The van der Waals surface area contributed by atoms with E-state index in [4.69, 9.17) is 9.47 Å². The number of carbonyl (C=O) groups is 2. The van der Waals surface area contributed by atoms with E-state index in [9.17, 15) is 14.7 Å². The first-order valence-corrected chi connectivity index (χ1v) is 8.50. The van der Waals surface area contributed by atoms with Gasteiger partial charge in [-0.3, -0.25) is 0 Å². The molecule has 0 saturated carbocycles. The van der Waals surface area contributed by atoms with Gasteiger partial charge >= 0.3 is 11.9 Å². The zero-order valence-electron chi connectivity index (χ0n) is 15.2. The number of rotatable bonds is 2. The molecule has 0 spiro atoms. The van der Waals surface area contributed by atoms with E-state index in [1.165, 1.54) is 0 Å². The summed E-state index contributed by atoms with van der Waals surface area (Å²) in [5, 5.41) is 10.2. The monoisotopic (exact) mass is 346 g/mol. The largest absolute Gasteiger partial charge is 0.458 e. The summed E-state index contributed by atoms with van der Waals surface area (Å²) >= 11 is 0. The van der Waals surface area contributed by atoms with Crippen LogP contribution in [0, 0.1) is 5.92 Å². The lowest BCUT2D eigenvalue weighted by Crippen LogP contribution is -2.34. The van der Waals surface area contributed by atoms with Crippen LogP contribution in [0.4, 0.5) is 0 Å². The van der Waals surface area contributed by atoms with Gasteiger partial charge in [0.2, 0.25) is 0 Å². The van der Waals surface area contributed by atoms with E-state index < -0.39 is 36.2 Å². The molecule has 1 saturated heterocycles. The fraction of sp³-hybridized carbons (Fsp3) is 0.500. The Labute approximate surface area is 148 Å². The normalized spacial score (nSPS) is 35.0. The molecule has 0 bridgehead atoms. The summed E-state index contributed by atoms with van der Waals surface area (Å²) in [4.78, 5) is 24.3. The van der Waals surface area contributed by atoms with Crippen molar-refractivity contribution in [2.45, 2.75) is 58.8 Å². The molecule has 5 heteroatoms. The second-order valence-electron chi connectivity index (χ2n) is 6.75. The maximum Gasteiger partial charge on any atom is 0.334 e. The van der Waals surface area contributed by atoms with Gasteiger partial charge in [-0.05, 0) is 45.8 Å². The highest BCUT2D eigenvalue weighted by molar-refractivity contribution is 5.92. The molecule has 1 fully saturated rings. The van der Waals surface area contributed by atoms with Crippen LogP contribution < -0.4 is 0 Å². The van der Waals surface area contributed by atoms with Crippen LogP contribution in [0.5, 0.6) is 0 Å². The van der Waals surface area contributed by atoms with E-state index >= 15 is 0 Å². The Morgan fingerprint density at radius 1 is 1.44 bits per heavy atom. The Balaban J connectivity index is 2.42. The summed E-state index contributed by atoms with van der Waals surface area (Å²) in [5.74, 6) is -1.37. The molecule has 0 radical (unpaired) electrons. The van der Waals surface area contributed by atoms with E-state index in [-0.39, 0.29) is 0 Å². The molecule has 0 aromatic carbocycles. The summed E-state index contributed by atoms with van der Waals surface area (Å²) in [6.45, 7) is 11.0. The highest BCUT2D eigenvalue weighted by Crippen LogP contribution is 2.36. The molecular formula is C20H26O5. The second-order valence-corrected chi connectivity index (χ2v) is 6.75. The molecule has 1 aliphatic carbocycles. The van der Waals surface area contributed by atoms with E-state index in [0.717, 1.165) is 11.1 Å². The van der Waals surface area contributed by atoms with Gasteiger partial charge < -0.3 is 14.6 Å². The van der Waals surface area contributed by atoms with Crippen molar-refractivity contribution in [1.29, 1.82) is 0 Å². The van der Waals surface area contributed by atoms with Gasteiger partial charge in [0, 0.05) is 17.6 Å². The number of allylic oxidation sites excluding steroid dienone is 1. The number of esters is 2. The molecule has 2 rings (SSSR count). The summed E-state index contributed by atoms with van der Waals surface area (Å²) in [6.07, 6.45) is 4.51. The maximum absolute atomic E-state index is 12.3. The van der Waals surface area contributed by atoms with Crippen molar-refractivity contribution in [1.82, 2.24) is 0 Å². The molecule has 4 atom stereocenters. The first-order valence-electron chi connectivity index (χ1n) is 8.50. The van der Waals surface area contributed by atoms with E-state index in [2.05, 4.69) is 6.58 Å². The summed E-state index contributed by atoms with van der Waals surface area (Å²) in [5.41, 5.74) is 2.51. The first-order chi connectivity index (χ1) is 11.7. The van der Waals surface area contributed by atoms with Gasteiger partial charge in [-0.25, -0.2) is 9.59 Å². The third-order valence-electron chi connectivity index (χ3n) is 4.84. The molecule has 1 N–H and O–H groups in total. The van der Waals surface area contributed by atoms with Crippen LogP contribution in [0.15, 0.2) is 47.1 Å². The van der Waals surface area contributed by atoms with Crippen LogP contribution in [-0.4, -0.2) is 35.4 Å². The van der Waals surface area contributed by atoms with Crippen LogP contribution in [0.3, 0.4) is 0 Å². The van der Waals surface area contributed by atoms with Gasteiger partial charge in [0.05, 0.1) is 12.0 Å². The minimum Gasteiger partial charge on any atom is -0.458 e. The summed E-state index contributed by atoms with van der Waals surface area (Å²) in [7, 11) is 0. The maximum atomic E-state index is 12.3. The Morgan fingerprint density at radius 2 is 2.12 bits per heavy atom. The fourth-order valence-electron chi connectivity index (χ4n) is 3.04. The number of carbonyl (C=O) groups excluding carboxylic acids is 2. The number of fused-ring (bicyclic) bond motifs is 1. The van der Waals surface area contributed by atoms with E-state index in [0.29, 0.717) is 24.0 Å². The lowest BCUT2D eigenvalue weighted by molar-refractivity contribution is -0.147. The smallest absolute Gasteiger partial charge is 0.334 e. The second kappa shape index (κ2) is 7.83. The Morgan fingerprint density at radius 3 is 2.76 bits per heavy atom. The van der Waals surface area contributed by atoms with Crippen molar-refractivity contribution < 1.29 is 24.2 Å². The van der Waals surface area contributed by atoms with Crippen LogP contribution in [-0.2, 0) is 19.1 Å². The molecule has 2 aliphatic rings. The van der Waals surface area contributed by atoms with E-state index in [1.807, 2.05) is 13.0 Å². The highest BCUT2D eigenvalue weighted by atomic mass is 16.6. The Kier molecular flexibility index (Phi) is 6.01. The number of hydrogen-bond donors (Lipinski definition) is 1. The highest BCUT2D eigenvalue weighted by Gasteiger charge is 2.44. The molecule has 5 nitrogen and oxygen atoms in total. The summed E-state index contributed by atoms with van der Waals surface area (Å²) in [6, 6.07) is 0. The predicted octanol–water partition coefficient (Wildman–Crippen LogP) is 3.01. The van der Waals surface area contributed by atoms with Crippen LogP contribution in [0.25, 0.3) is 0 Å². The predicted molar refractivity (Wildman–Crippen MR) is 94.6 cm³/mol. The number of hydrogen-bond acceptors (Lipinski definition) is 5. The molecule has 0 unspecified atom stereocenters. The van der Waals surface area contributed by atoms with Crippen LogP contribution in [0.1, 0.15) is 40.5 Å². The number of ether oxygens (including phenoxy) is 2. The van der Waals surface area contributed by atoms with Gasteiger partial charge in [0.25, 0.3) is 0 Å². The SMILES string of the molecule is C=C1C(=O)O[C@@H]2/C=C(/C)[C@@H](O)C/C=C(\C)C[C@@H](OC(=O)/C(C)=C/C)[C@@H]12. The Bertz CT molecular complexity index is 668. The quantitative estimate of drug-likeness (QED) is 0.473. The van der Waals surface area contributed by atoms with Crippen molar-refractivity contribution in [2.75, 3.05) is 0 Å². The van der Waals surface area contributed by atoms with Crippen molar-refractivity contribution in [3.63, 3.8) is 0 Å². The minimum atomic E-state index is -0.632. The molecule has 0 amide bonds. The fourth-order valence-corrected chi connectivity index (χ4v) is 3.04. The van der Waals surface area contributed by atoms with Gasteiger partial charge in [-0.2, -0.15) is 0 Å². The molecule has 136 valence electrons.